The highest BCUT2D eigenvalue weighted by molar-refractivity contribution is 7.10. The number of hydrogen-bond acceptors (Lipinski definition) is 7. The molecule has 164 valence electrons. The number of benzene rings is 1. The lowest BCUT2D eigenvalue weighted by Gasteiger charge is -2.10. The van der Waals surface area contributed by atoms with Crippen molar-refractivity contribution in [3.63, 3.8) is 0 Å². The van der Waals surface area contributed by atoms with Crippen molar-refractivity contribution >= 4 is 23.2 Å². The largest absolute Gasteiger partial charge is 0.493 e. The normalized spacial score (nSPS) is 11.6. The van der Waals surface area contributed by atoms with E-state index in [2.05, 4.69) is 20.9 Å². The lowest BCUT2D eigenvalue weighted by molar-refractivity contribution is -0.120. The van der Waals surface area contributed by atoms with Crippen molar-refractivity contribution in [2.24, 2.45) is 0 Å². The van der Waals surface area contributed by atoms with E-state index in [0.29, 0.717) is 24.6 Å². The number of methoxy groups -OCH3 is 2. The van der Waals surface area contributed by atoms with E-state index in [9.17, 15) is 9.59 Å². The van der Waals surface area contributed by atoms with Crippen molar-refractivity contribution < 1.29 is 19.1 Å². The molecule has 0 aliphatic carbocycles. The van der Waals surface area contributed by atoms with Crippen LogP contribution >= 0.6 is 11.3 Å². The van der Waals surface area contributed by atoms with Crippen LogP contribution in [-0.2, 0) is 17.8 Å². The second-order valence-electron chi connectivity index (χ2n) is 6.79. The summed E-state index contributed by atoms with van der Waals surface area (Å²) in [6.07, 6.45) is 1.78. The third kappa shape index (κ3) is 6.05. The standard InChI is InChI=1S/C21H25N5O4S/c1-14(19-5-4-10-31-19)23-21(28)16-13-26(25-24-16)9-8-22-20(27)12-15-6-7-17(29-2)18(11-15)30-3/h4-7,10-11,13-14H,8-9,12H2,1-3H3,(H,22,27)(H,23,28). The van der Waals surface area contributed by atoms with Crippen LogP contribution in [0.4, 0.5) is 0 Å². The lowest BCUT2D eigenvalue weighted by Crippen LogP contribution is -2.28. The first-order valence-corrected chi connectivity index (χ1v) is 10.6. The van der Waals surface area contributed by atoms with Crippen LogP contribution in [0.25, 0.3) is 0 Å². The first kappa shape index (κ1) is 22.3. The van der Waals surface area contributed by atoms with Crippen molar-refractivity contribution in [2.45, 2.75) is 25.9 Å². The van der Waals surface area contributed by atoms with Crippen molar-refractivity contribution in [1.82, 2.24) is 25.6 Å². The molecule has 0 aliphatic heterocycles. The van der Waals surface area contributed by atoms with Crippen LogP contribution in [0.3, 0.4) is 0 Å². The van der Waals surface area contributed by atoms with Crippen molar-refractivity contribution in [2.75, 3.05) is 20.8 Å². The summed E-state index contributed by atoms with van der Waals surface area (Å²) in [6, 6.07) is 9.17. The predicted octanol–water partition coefficient (Wildman–Crippen LogP) is 2.21. The van der Waals surface area contributed by atoms with E-state index in [0.717, 1.165) is 10.4 Å². The maximum Gasteiger partial charge on any atom is 0.273 e. The zero-order valence-corrected chi connectivity index (χ0v) is 18.4. The van der Waals surface area contributed by atoms with Crippen LogP contribution < -0.4 is 20.1 Å². The van der Waals surface area contributed by atoms with Crippen LogP contribution in [0.2, 0.25) is 0 Å². The van der Waals surface area contributed by atoms with Gasteiger partial charge in [0.15, 0.2) is 17.2 Å². The summed E-state index contributed by atoms with van der Waals surface area (Å²) in [5.41, 5.74) is 1.05. The molecular weight excluding hydrogens is 418 g/mol. The lowest BCUT2D eigenvalue weighted by atomic mass is 10.1. The SMILES string of the molecule is COc1ccc(CC(=O)NCCn2cc(C(=O)NC(C)c3cccs3)nn2)cc1OC. The average molecular weight is 444 g/mol. The highest BCUT2D eigenvalue weighted by Gasteiger charge is 2.15. The topological polar surface area (TPSA) is 107 Å². The smallest absolute Gasteiger partial charge is 0.273 e. The number of thiophene rings is 1. The van der Waals surface area contributed by atoms with Gasteiger partial charge < -0.3 is 20.1 Å². The molecule has 1 aromatic carbocycles. The van der Waals surface area contributed by atoms with Crippen molar-refractivity contribution in [1.29, 1.82) is 0 Å². The molecule has 10 heteroatoms. The Morgan fingerprint density at radius 3 is 2.71 bits per heavy atom. The first-order valence-electron chi connectivity index (χ1n) is 9.72. The fourth-order valence-corrected chi connectivity index (χ4v) is 3.67. The number of amides is 2. The number of ether oxygens (including phenoxy) is 2. The molecule has 31 heavy (non-hydrogen) atoms. The van der Waals surface area contributed by atoms with E-state index in [-0.39, 0.29) is 30.0 Å². The molecule has 1 atom stereocenters. The molecule has 2 N–H and O–H groups in total. The molecule has 3 aromatic rings. The molecule has 2 amide bonds. The Morgan fingerprint density at radius 1 is 1.19 bits per heavy atom. The summed E-state index contributed by atoms with van der Waals surface area (Å²) in [5.74, 6) is 0.775. The number of hydrogen-bond donors (Lipinski definition) is 2. The summed E-state index contributed by atoms with van der Waals surface area (Å²) >= 11 is 1.58. The number of rotatable bonds is 10. The van der Waals surface area contributed by atoms with Crippen molar-refractivity contribution in [3.8, 4) is 11.5 Å². The van der Waals surface area contributed by atoms with E-state index in [1.165, 1.54) is 4.68 Å². The Labute approximate surface area is 184 Å². The molecule has 1 unspecified atom stereocenters. The molecule has 0 aliphatic rings. The monoisotopic (exact) mass is 443 g/mol. The Balaban J connectivity index is 1.45. The molecule has 0 spiro atoms. The maximum atomic E-state index is 12.3. The average Bonchev–Trinajstić information content (AvgIpc) is 3.46. The van der Waals surface area contributed by atoms with Crippen LogP contribution in [0.1, 0.15) is 33.9 Å². The van der Waals surface area contributed by atoms with Gasteiger partial charge in [0.1, 0.15) is 0 Å². The third-order valence-corrected chi connectivity index (χ3v) is 5.62. The van der Waals surface area contributed by atoms with Gasteiger partial charge in [-0.25, -0.2) is 4.68 Å². The molecule has 9 nitrogen and oxygen atoms in total. The van der Waals surface area contributed by atoms with Crippen LogP contribution in [0.5, 0.6) is 11.5 Å². The molecule has 3 rings (SSSR count). The molecule has 0 fully saturated rings. The molecule has 0 saturated heterocycles. The quantitative estimate of drug-likeness (QED) is 0.498. The van der Waals surface area contributed by atoms with E-state index in [4.69, 9.17) is 9.47 Å². The minimum absolute atomic E-state index is 0.103. The highest BCUT2D eigenvalue weighted by atomic mass is 32.1. The van der Waals surface area contributed by atoms with Crippen LogP contribution in [0.15, 0.2) is 41.9 Å². The number of carbonyl (C=O) groups is 2. The second kappa shape index (κ2) is 10.6. The first-order chi connectivity index (χ1) is 15.0. The summed E-state index contributed by atoms with van der Waals surface area (Å²) in [5, 5.41) is 15.6. The molecule has 0 saturated carbocycles. The van der Waals surface area contributed by atoms with E-state index < -0.39 is 0 Å². The van der Waals surface area contributed by atoms with Gasteiger partial charge in [0.05, 0.1) is 39.4 Å². The second-order valence-corrected chi connectivity index (χ2v) is 7.77. The summed E-state index contributed by atoms with van der Waals surface area (Å²) < 4.78 is 12.0. The zero-order chi connectivity index (χ0) is 22.2. The van der Waals surface area contributed by atoms with E-state index in [1.54, 1.807) is 43.9 Å². The maximum absolute atomic E-state index is 12.3. The summed E-state index contributed by atoms with van der Waals surface area (Å²) in [7, 11) is 3.12. The minimum atomic E-state index is -0.287. The van der Waals surface area contributed by atoms with Gasteiger partial charge in [-0.05, 0) is 36.1 Å². The van der Waals surface area contributed by atoms with Gasteiger partial charge in [-0.2, -0.15) is 0 Å². The van der Waals surface area contributed by atoms with Crippen LogP contribution in [-0.4, -0.2) is 47.6 Å². The number of nitrogens with one attached hydrogen (secondary N) is 2. The van der Waals surface area contributed by atoms with Gasteiger partial charge >= 0.3 is 0 Å². The van der Waals surface area contributed by atoms with Gasteiger partial charge in [0.25, 0.3) is 5.91 Å². The highest BCUT2D eigenvalue weighted by Crippen LogP contribution is 2.27. The van der Waals surface area contributed by atoms with Crippen LogP contribution in [0, 0.1) is 0 Å². The number of nitrogens with zero attached hydrogens (tertiary/aromatic N) is 3. The summed E-state index contributed by atoms with van der Waals surface area (Å²) in [4.78, 5) is 25.6. The Hall–Kier alpha value is -3.40. The molecule has 0 radical (unpaired) electrons. The van der Waals surface area contributed by atoms with Gasteiger partial charge in [0, 0.05) is 11.4 Å². The zero-order valence-electron chi connectivity index (χ0n) is 17.6. The fraction of sp³-hybridized carbons (Fsp3) is 0.333. The Kier molecular flexibility index (Phi) is 7.60. The molecule has 2 heterocycles. The van der Waals surface area contributed by atoms with Gasteiger partial charge in [0.2, 0.25) is 5.91 Å². The summed E-state index contributed by atoms with van der Waals surface area (Å²) in [6.45, 7) is 2.68. The van der Waals surface area contributed by atoms with E-state index in [1.807, 2.05) is 30.5 Å². The Bertz CT molecular complexity index is 1020. The third-order valence-electron chi connectivity index (χ3n) is 4.56. The molecular formula is C21H25N5O4S. The van der Waals surface area contributed by atoms with Crippen molar-refractivity contribution in [3.05, 3.63) is 58.0 Å². The number of aromatic nitrogens is 3. The number of carbonyl (C=O) groups excluding carboxylic acids is 2. The minimum Gasteiger partial charge on any atom is -0.493 e. The Morgan fingerprint density at radius 2 is 2.00 bits per heavy atom. The predicted molar refractivity (Wildman–Crippen MR) is 116 cm³/mol. The van der Waals surface area contributed by atoms with Gasteiger partial charge in [-0.1, -0.05) is 17.3 Å². The fourth-order valence-electron chi connectivity index (χ4n) is 2.94. The molecule has 2 aromatic heterocycles. The van der Waals surface area contributed by atoms with E-state index >= 15 is 0 Å². The van der Waals surface area contributed by atoms with Gasteiger partial charge in [-0.15, -0.1) is 16.4 Å². The van der Waals surface area contributed by atoms with Gasteiger partial charge in [-0.3, -0.25) is 9.59 Å². The molecule has 0 bridgehead atoms.